The zero-order valence-electron chi connectivity index (χ0n) is 13.0. The van der Waals surface area contributed by atoms with Gasteiger partial charge in [-0.2, -0.15) is 0 Å². The molecule has 0 spiro atoms. The van der Waals surface area contributed by atoms with Gasteiger partial charge in [-0.3, -0.25) is 0 Å². The molecule has 0 heterocycles. The van der Waals surface area contributed by atoms with Gasteiger partial charge in [0, 0.05) is 19.3 Å². The zero-order chi connectivity index (χ0) is 14.5. The maximum Gasteiger partial charge on any atom is 0.408 e. The minimum Gasteiger partial charge on any atom is -0.444 e. The van der Waals surface area contributed by atoms with Crippen molar-refractivity contribution < 1.29 is 14.3 Å². The van der Waals surface area contributed by atoms with Crippen molar-refractivity contribution >= 4 is 6.09 Å². The Kier molecular flexibility index (Phi) is 5.65. The number of alkyl carbamates (subject to hydrolysis) is 1. The standard InChI is InChI=1S/C15H29NO3/c1-12-6-8-15(9-7-12,10-11-18-5)16-13(17)19-14(2,3)4/h12H,6-11H2,1-5H3,(H,16,17)/t12-,15-. The fourth-order valence-corrected chi connectivity index (χ4v) is 2.57. The van der Waals surface area contributed by atoms with Crippen LogP contribution in [0.3, 0.4) is 0 Å². The van der Waals surface area contributed by atoms with Crippen molar-refractivity contribution in [2.75, 3.05) is 13.7 Å². The Hall–Kier alpha value is -0.770. The highest BCUT2D eigenvalue weighted by Gasteiger charge is 2.36. The number of rotatable bonds is 4. The number of ether oxygens (including phenoxy) is 2. The normalized spacial score (nSPS) is 27.9. The van der Waals surface area contributed by atoms with E-state index in [9.17, 15) is 4.79 Å². The fraction of sp³-hybridized carbons (Fsp3) is 0.933. The van der Waals surface area contributed by atoms with Gasteiger partial charge < -0.3 is 14.8 Å². The van der Waals surface area contributed by atoms with Crippen LogP contribution >= 0.6 is 0 Å². The third kappa shape index (κ3) is 5.81. The van der Waals surface area contributed by atoms with Crippen LogP contribution in [0.1, 0.15) is 59.8 Å². The van der Waals surface area contributed by atoms with Gasteiger partial charge in [0.25, 0.3) is 0 Å². The minimum absolute atomic E-state index is 0.148. The molecule has 0 unspecified atom stereocenters. The molecule has 0 aromatic rings. The number of hydrogen-bond acceptors (Lipinski definition) is 3. The molecule has 1 aliphatic rings. The van der Waals surface area contributed by atoms with E-state index < -0.39 is 5.60 Å². The molecule has 1 fully saturated rings. The van der Waals surface area contributed by atoms with E-state index in [0.29, 0.717) is 6.61 Å². The number of hydrogen-bond donors (Lipinski definition) is 1. The molecule has 0 atom stereocenters. The van der Waals surface area contributed by atoms with E-state index in [4.69, 9.17) is 9.47 Å². The van der Waals surface area contributed by atoms with Gasteiger partial charge in [0.05, 0.1) is 0 Å². The summed E-state index contributed by atoms with van der Waals surface area (Å²) in [5.41, 5.74) is -0.598. The van der Waals surface area contributed by atoms with Crippen molar-refractivity contribution in [2.24, 2.45) is 5.92 Å². The van der Waals surface area contributed by atoms with Crippen LogP contribution in [0.4, 0.5) is 4.79 Å². The average molecular weight is 271 g/mol. The molecule has 0 radical (unpaired) electrons. The molecule has 4 heteroatoms. The molecule has 0 aromatic heterocycles. The smallest absolute Gasteiger partial charge is 0.408 e. The second-order valence-electron chi connectivity index (χ2n) is 6.83. The monoisotopic (exact) mass is 271 g/mol. The Morgan fingerprint density at radius 1 is 1.32 bits per heavy atom. The molecule has 1 amide bonds. The molecule has 0 bridgehead atoms. The third-order valence-electron chi connectivity index (χ3n) is 3.78. The highest BCUT2D eigenvalue weighted by molar-refractivity contribution is 5.68. The number of methoxy groups -OCH3 is 1. The first kappa shape index (κ1) is 16.3. The second kappa shape index (κ2) is 6.60. The summed E-state index contributed by atoms with van der Waals surface area (Å²) in [6.07, 6.45) is 4.88. The maximum atomic E-state index is 12.0. The van der Waals surface area contributed by atoms with Crippen LogP contribution in [-0.4, -0.2) is 30.9 Å². The number of amides is 1. The van der Waals surface area contributed by atoms with Crippen molar-refractivity contribution in [3.8, 4) is 0 Å². The lowest BCUT2D eigenvalue weighted by molar-refractivity contribution is 0.0366. The summed E-state index contributed by atoms with van der Waals surface area (Å²) >= 11 is 0. The Morgan fingerprint density at radius 3 is 2.37 bits per heavy atom. The summed E-state index contributed by atoms with van der Waals surface area (Å²) in [6, 6.07) is 0. The molecule has 0 aliphatic heterocycles. The van der Waals surface area contributed by atoms with Crippen molar-refractivity contribution in [1.82, 2.24) is 5.32 Å². The van der Waals surface area contributed by atoms with Crippen LogP contribution in [0.2, 0.25) is 0 Å². The van der Waals surface area contributed by atoms with Crippen LogP contribution in [0.15, 0.2) is 0 Å². The summed E-state index contributed by atoms with van der Waals surface area (Å²) in [6.45, 7) is 8.60. The molecule has 0 aromatic carbocycles. The second-order valence-corrected chi connectivity index (χ2v) is 6.83. The quantitative estimate of drug-likeness (QED) is 0.851. The van der Waals surface area contributed by atoms with Gasteiger partial charge in [0.1, 0.15) is 5.60 Å². The van der Waals surface area contributed by atoms with Gasteiger partial charge >= 0.3 is 6.09 Å². The minimum atomic E-state index is -0.450. The van der Waals surface area contributed by atoms with Crippen molar-refractivity contribution in [2.45, 2.75) is 70.9 Å². The fourth-order valence-electron chi connectivity index (χ4n) is 2.57. The lowest BCUT2D eigenvalue weighted by Crippen LogP contribution is -2.52. The molecule has 1 saturated carbocycles. The highest BCUT2D eigenvalue weighted by atomic mass is 16.6. The lowest BCUT2D eigenvalue weighted by Gasteiger charge is -2.40. The summed E-state index contributed by atoms with van der Waals surface area (Å²) in [5.74, 6) is 0.746. The maximum absolute atomic E-state index is 12.0. The molecule has 4 nitrogen and oxygen atoms in total. The SMILES string of the molecule is COCC[C@]1(NC(=O)OC(C)(C)C)CC[C@H](C)CC1. The van der Waals surface area contributed by atoms with Crippen LogP contribution in [0.5, 0.6) is 0 Å². The van der Waals surface area contributed by atoms with Crippen LogP contribution in [0.25, 0.3) is 0 Å². The summed E-state index contributed by atoms with van der Waals surface area (Å²) < 4.78 is 10.6. The van der Waals surface area contributed by atoms with Crippen LogP contribution in [0, 0.1) is 5.92 Å². The van der Waals surface area contributed by atoms with E-state index in [2.05, 4.69) is 12.2 Å². The van der Waals surface area contributed by atoms with Crippen LogP contribution in [-0.2, 0) is 9.47 Å². The summed E-state index contributed by atoms with van der Waals surface area (Å²) in [5, 5.41) is 3.10. The number of nitrogens with one attached hydrogen (secondary N) is 1. The molecule has 0 saturated heterocycles. The average Bonchev–Trinajstić information content (AvgIpc) is 2.28. The van der Waals surface area contributed by atoms with E-state index in [1.807, 2.05) is 20.8 Å². The topological polar surface area (TPSA) is 47.6 Å². The predicted molar refractivity (Wildman–Crippen MR) is 76.2 cm³/mol. The number of carbonyl (C=O) groups excluding carboxylic acids is 1. The molecule has 1 aliphatic carbocycles. The lowest BCUT2D eigenvalue weighted by atomic mass is 9.75. The highest BCUT2D eigenvalue weighted by Crippen LogP contribution is 2.34. The van der Waals surface area contributed by atoms with Crippen molar-refractivity contribution in [3.63, 3.8) is 0 Å². The predicted octanol–water partition coefficient (Wildman–Crippen LogP) is 3.50. The van der Waals surface area contributed by atoms with Gasteiger partial charge in [-0.15, -0.1) is 0 Å². The van der Waals surface area contributed by atoms with Crippen LogP contribution < -0.4 is 5.32 Å². The first-order valence-electron chi connectivity index (χ1n) is 7.26. The van der Waals surface area contributed by atoms with E-state index in [1.54, 1.807) is 7.11 Å². The van der Waals surface area contributed by atoms with Gasteiger partial charge in [-0.1, -0.05) is 6.92 Å². The van der Waals surface area contributed by atoms with Gasteiger partial charge in [-0.05, 0) is 58.8 Å². The van der Waals surface area contributed by atoms with Crippen molar-refractivity contribution in [3.05, 3.63) is 0 Å². The van der Waals surface area contributed by atoms with Gasteiger partial charge in [0.2, 0.25) is 0 Å². The van der Waals surface area contributed by atoms with E-state index in [1.165, 1.54) is 0 Å². The summed E-state index contributed by atoms with van der Waals surface area (Å²) in [7, 11) is 1.70. The third-order valence-corrected chi connectivity index (χ3v) is 3.78. The molecular weight excluding hydrogens is 242 g/mol. The number of carbonyl (C=O) groups is 1. The first-order chi connectivity index (χ1) is 8.76. The molecule has 1 rings (SSSR count). The largest absolute Gasteiger partial charge is 0.444 e. The Morgan fingerprint density at radius 2 is 1.89 bits per heavy atom. The molecular formula is C15H29NO3. The Balaban J connectivity index is 2.61. The van der Waals surface area contributed by atoms with E-state index in [-0.39, 0.29) is 11.6 Å². The molecule has 19 heavy (non-hydrogen) atoms. The van der Waals surface area contributed by atoms with E-state index in [0.717, 1.165) is 38.0 Å². The van der Waals surface area contributed by atoms with Gasteiger partial charge in [-0.25, -0.2) is 4.79 Å². The first-order valence-corrected chi connectivity index (χ1v) is 7.26. The Labute approximate surface area is 117 Å². The van der Waals surface area contributed by atoms with Crippen molar-refractivity contribution in [1.29, 1.82) is 0 Å². The molecule has 112 valence electrons. The Bertz CT molecular complexity index is 283. The van der Waals surface area contributed by atoms with Gasteiger partial charge in [0.15, 0.2) is 0 Å². The summed E-state index contributed by atoms with van der Waals surface area (Å²) in [4.78, 5) is 12.0. The zero-order valence-corrected chi connectivity index (χ0v) is 13.0. The molecule has 1 N–H and O–H groups in total. The van der Waals surface area contributed by atoms with E-state index >= 15 is 0 Å².